The summed E-state index contributed by atoms with van der Waals surface area (Å²) in [6, 6.07) is 8.33. The van der Waals surface area contributed by atoms with Crippen molar-refractivity contribution in [2.75, 3.05) is 57.8 Å². The summed E-state index contributed by atoms with van der Waals surface area (Å²) in [5.41, 5.74) is 0.953. The Bertz CT molecular complexity index is 1400. The summed E-state index contributed by atoms with van der Waals surface area (Å²) in [7, 11) is 0. The van der Waals surface area contributed by atoms with Crippen LogP contribution in [0.3, 0.4) is 0 Å². The lowest BCUT2D eigenvalue weighted by Gasteiger charge is -2.43. The number of anilines is 1. The SMILES string of the molecule is CC(C)(C)OC(=O)Nc1cnc(-c2ccc(S(=O)O)cc2)cc1C(=O)N1CCC(N2CCCC(C(=O)N3CCOCC3)C2)CC1. The van der Waals surface area contributed by atoms with Gasteiger partial charge < -0.3 is 23.8 Å². The molecular weight excluding hydrogens is 598 g/mol. The fraction of sp³-hybridized carbons (Fsp3) is 0.562. The van der Waals surface area contributed by atoms with Crippen molar-refractivity contribution in [3.8, 4) is 11.3 Å². The van der Waals surface area contributed by atoms with Crippen LogP contribution in [0.25, 0.3) is 11.3 Å². The van der Waals surface area contributed by atoms with Crippen LogP contribution in [0.1, 0.15) is 56.8 Å². The maximum atomic E-state index is 14.0. The summed E-state index contributed by atoms with van der Waals surface area (Å²) in [6.45, 7) is 10.6. The predicted molar refractivity (Wildman–Crippen MR) is 169 cm³/mol. The Morgan fingerprint density at radius 1 is 1.00 bits per heavy atom. The number of benzene rings is 1. The number of hydrogen-bond acceptors (Lipinski definition) is 8. The van der Waals surface area contributed by atoms with E-state index in [1.807, 2.05) is 4.90 Å². The molecule has 0 spiro atoms. The highest BCUT2D eigenvalue weighted by Gasteiger charge is 2.35. The lowest BCUT2D eigenvalue weighted by molar-refractivity contribution is -0.141. The summed E-state index contributed by atoms with van der Waals surface area (Å²) >= 11 is -2.11. The van der Waals surface area contributed by atoms with Crippen LogP contribution >= 0.6 is 0 Å². The van der Waals surface area contributed by atoms with Gasteiger partial charge in [-0.05, 0) is 71.2 Å². The van der Waals surface area contributed by atoms with E-state index in [2.05, 4.69) is 15.2 Å². The number of pyridine rings is 1. The molecule has 12 nitrogen and oxygen atoms in total. The van der Waals surface area contributed by atoms with E-state index in [4.69, 9.17) is 9.47 Å². The molecule has 0 saturated carbocycles. The minimum absolute atomic E-state index is 0.000299. The van der Waals surface area contributed by atoms with Gasteiger partial charge in [0.1, 0.15) is 5.60 Å². The fourth-order valence-electron chi connectivity index (χ4n) is 6.23. The number of nitrogens with zero attached hydrogens (tertiary/aromatic N) is 4. The van der Waals surface area contributed by atoms with Gasteiger partial charge in [-0.3, -0.25) is 24.8 Å². The Hall–Kier alpha value is -3.39. The number of morpholine rings is 1. The zero-order chi connectivity index (χ0) is 32.1. The average Bonchev–Trinajstić information content (AvgIpc) is 3.04. The van der Waals surface area contributed by atoms with Crippen LogP contribution in [0.15, 0.2) is 41.4 Å². The molecule has 244 valence electrons. The van der Waals surface area contributed by atoms with Crippen molar-refractivity contribution in [1.82, 2.24) is 19.7 Å². The van der Waals surface area contributed by atoms with E-state index >= 15 is 0 Å². The van der Waals surface area contributed by atoms with E-state index in [0.717, 1.165) is 38.8 Å². The van der Waals surface area contributed by atoms with Crippen LogP contribution in [-0.2, 0) is 25.3 Å². The van der Waals surface area contributed by atoms with Gasteiger partial charge in [-0.1, -0.05) is 12.1 Å². The molecule has 3 aliphatic rings. The molecule has 4 heterocycles. The molecule has 0 radical (unpaired) electrons. The largest absolute Gasteiger partial charge is 0.444 e. The number of piperidine rings is 2. The number of hydrogen-bond donors (Lipinski definition) is 2. The Kier molecular flexibility index (Phi) is 10.5. The van der Waals surface area contributed by atoms with E-state index in [1.165, 1.54) is 18.3 Å². The van der Waals surface area contributed by atoms with Gasteiger partial charge in [-0.25, -0.2) is 9.00 Å². The average molecular weight is 642 g/mol. The van der Waals surface area contributed by atoms with Crippen molar-refractivity contribution in [3.05, 3.63) is 42.1 Å². The summed E-state index contributed by atoms with van der Waals surface area (Å²) in [5, 5.41) is 2.70. The molecule has 3 saturated heterocycles. The number of carbonyl (C=O) groups is 3. The quantitative estimate of drug-likeness (QED) is 0.450. The van der Waals surface area contributed by atoms with Crippen LogP contribution in [0.2, 0.25) is 0 Å². The maximum absolute atomic E-state index is 14.0. The molecule has 2 unspecified atom stereocenters. The summed E-state index contributed by atoms with van der Waals surface area (Å²) in [6.07, 6.45) is 4.21. The van der Waals surface area contributed by atoms with Crippen molar-refractivity contribution in [1.29, 1.82) is 0 Å². The molecular formula is C32H43N5O7S. The summed E-state index contributed by atoms with van der Waals surface area (Å²) in [5.74, 6) is 0.00307. The topological polar surface area (TPSA) is 142 Å². The number of rotatable bonds is 6. The lowest BCUT2D eigenvalue weighted by Crippen LogP contribution is -2.53. The van der Waals surface area contributed by atoms with Crippen molar-refractivity contribution >= 4 is 34.7 Å². The molecule has 5 rings (SSSR count). The van der Waals surface area contributed by atoms with Gasteiger partial charge in [0.2, 0.25) is 5.91 Å². The van der Waals surface area contributed by atoms with Gasteiger partial charge >= 0.3 is 6.09 Å². The number of ether oxygens (including phenoxy) is 2. The predicted octanol–water partition coefficient (Wildman–Crippen LogP) is 3.85. The first-order valence-corrected chi connectivity index (χ1v) is 16.7. The third-order valence-corrected chi connectivity index (χ3v) is 9.19. The smallest absolute Gasteiger partial charge is 0.412 e. The van der Waals surface area contributed by atoms with Gasteiger partial charge in [0, 0.05) is 44.3 Å². The molecule has 2 aromatic rings. The van der Waals surface area contributed by atoms with Crippen LogP contribution in [0, 0.1) is 5.92 Å². The standard InChI is InChI=1S/C32H43N5O7S/c1-32(2,3)44-31(40)34-28-20-33-27(22-6-8-25(9-7-22)45(41)42)19-26(28)30(39)35-13-10-24(11-14-35)37-12-4-5-23(21-37)29(38)36-15-17-43-18-16-36/h6-9,19-20,23-24H,4-5,10-18,21H2,1-3H3,(H,34,40)(H,41,42). The number of amides is 3. The zero-order valence-electron chi connectivity index (χ0n) is 26.2. The number of carbonyl (C=O) groups excluding carboxylic acids is 3. The van der Waals surface area contributed by atoms with E-state index in [1.54, 1.807) is 43.9 Å². The highest BCUT2D eigenvalue weighted by atomic mass is 32.2. The third-order valence-electron chi connectivity index (χ3n) is 8.51. The number of aromatic nitrogens is 1. The van der Waals surface area contributed by atoms with E-state index < -0.39 is 22.8 Å². The van der Waals surface area contributed by atoms with Crippen LogP contribution in [-0.4, -0.2) is 110 Å². The Labute approximate surface area is 266 Å². The molecule has 3 amide bonds. The summed E-state index contributed by atoms with van der Waals surface area (Å²) in [4.78, 5) is 50.7. The monoisotopic (exact) mass is 641 g/mol. The Morgan fingerprint density at radius 2 is 1.69 bits per heavy atom. The van der Waals surface area contributed by atoms with Gasteiger partial charge in [0.15, 0.2) is 11.1 Å². The number of likely N-dealkylation sites (tertiary alicyclic amines) is 2. The first-order valence-electron chi connectivity index (χ1n) is 15.6. The summed E-state index contributed by atoms with van der Waals surface area (Å²) < 4.78 is 31.6. The molecule has 2 N–H and O–H groups in total. The van der Waals surface area contributed by atoms with Gasteiger partial charge in [0.25, 0.3) is 5.91 Å². The highest BCUT2D eigenvalue weighted by Crippen LogP contribution is 2.29. The van der Waals surface area contributed by atoms with Crippen LogP contribution in [0.4, 0.5) is 10.5 Å². The second-order valence-electron chi connectivity index (χ2n) is 12.8. The zero-order valence-corrected chi connectivity index (χ0v) is 27.0. The molecule has 3 fully saturated rings. The van der Waals surface area contributed by atoms with Crippen molar-refractivity contribution in [2.45, 2.75) is 63.0 Å². The first kappa shape index (κ1) is 33.0. The molecule has 0 bridgehead atoms. The van der Waals surface area contributed by atoms with E-state index in [-0.39, 0.29) is 39.9 Å². The van der Waals surface area contributed by atoms with Gasteiger partial charge in [-0.2, -0.15) is 0 Å². The van der Waals surface area contributed by atoms with Crippen LogP contribution < -0.4 is 5.32 Å². The maximum Gasteiger partial charge on any atom is 0.412 e. The molecule has 1 aromatic carbocycles. The molecule has 13 heteroatoms. The minimum atomic E-state index is -2.11. The number of nitrogens with one attached hydrogen (secondary N) is 1. The molecule has 1 aromatic heterocycles. The van der Waals surface area contributed by atoms with Gasteiger partial charge in [0.05, 0.1) is 47.2 Å². The molecule has 2 atom stereocenters. The second-order valence-corrected chi connectivity index (χ2v) is 13.8. The van der Waals surface area contributed by atoms with Gasteiger partial charge in [-0.15, -0.1) is 0 Å². The first-order chi connectivity index (χ1) is 21.5. The lowest BCUT2D eigenvalue weighted by atomic mass is 9.92. The molecule has 0 aliphatic carbocycles. The second kappa shape index (κ2) is 14.4. The minimum Gasteiger partial charge on any atom is -0.444 e. The highest BCUT2D eigenvalue weighted by molar-refractivity contribution is 7.79. The third kappa shape index (κ3) is 8.46. The fourth-order valence-corrected chi connectivity index (χ4v) is 6.60. The van der Waals surface area contributed by atoms with E-state index in [0.29, 0.717) is 50.7 Å². The van der Waals surface area contributed by atoms with Crippen molar-refractivity contribution < 1.29 is 32.6 Å². The Morgan fingerprint density at radius 3 is 2.33 bits per heavy atom. The normalized spacial score (nSPS) is 20.8. The Balaban J connectivity index is 1.28. The van der Waals surface area contributed by atoms with Crippen molar-refractivity contribution in [2.24, 2.45) is 5.92 Å². The molecule has 45 heavy (non-hydrogen) atoms. The van der Waals surface area contributed by atoms with Crippen LogP contribution in [0.5, 0.6) is 0 Å². The molecule has 3 aliphatic heterocycles. The van der Waals surface area contributed by atoms with E-state index in [9.17, 15) is 23.1 Å². The van der Waals surface area contributed by atoms with Crippen molar-refractivity contribution in [3.63, 3.8) is 0 Å².